The number of cyclic esters (lactones) is 1. The minimum Gasteiger partial charge on any atom is -0.438 e. The van der Waals surface area contributed by atoms with Crippen LogP contribution in [0.1, 0.15) is 43.4 Å². The first-order chi connectivity index (χ1) is 15.9. The Morgan fingerprint density at radius 1 is 1.12 bits per heavy atom. The van der Waals surface area contributed by atoms with Gasteiger partial charge in [-0.1, -0.05) is 36.4 Å². The van der Waals surface area contributed by atoms with Gasteiger partial charge in [-0.25, -0.2) is 14.2 Å². The van der Waals surface area contributed by atoms with Crippen LogP contribution in [0, 0.1) is 5.82 Å². The largest absolute Gasteiger partial charge is 0.438 e. The molecule has 2 heterocycles. The number of hydrogen-bond acceptors (Lipinski definition) is 5. The van der Waals surface area contributed by atoms with Crippen LogP contribution in [0.3, 0.4) is 0 Å². The number of ether oxygens (including phenoxy) is 1. The summed E-state index contributed by atoms with van der Waals surface area (Å²) in [5.74, 6) is 0.134. The monoisotopic (exact) mass is 449 g/mol. The fourth-order valence-corrected chi connectivity index (χ4v) is 4.37. The second-order valence-electron chi connectivity index (χ2n) is 8.41. The van der Waals surface area contributed by atoms with Gasteiger partial charge in [-0.05, 0) is 60.7 Å². The number of anilines is 1. The van der Waals surface area contributed by atoms with E-state index < -0.39 is 11.7 Å². The average molecular weight is 450 g/mol. The molecule has 1 aliphatic rings. The van der Waals surface area contributed by atoms with Crippen LogP contribution < -0.4 is 5.73 Å². The second kappa shape index (κ2) is 9.58. The van der Waals surface area contributed by atoms with E-state index in [0.717, 1.165) is 22.3 Å². The third-order valence-electron chi connectivity index (χ3n) is 6.36. The summed E-state index contributed by atoms with van der Waals surface area (Å²) < 4.78 is 19.4. The van der Waals surface area contributed by atoms with Crippen molar-refractivity contribution in [3.8, 4) is 11.1 Å². The number of aromatic nitrogens is 1. The Hall–Kier alpha value is -3.45. The number of rotatable bonds is 7. The topological polar surface area (TPSA) is 88.7 Å². The lowest BCUT2D eigenvalue weighted by atomic mass is 9.84. The van der Waals surface area contributed by atoms with Crippen LogP contribution >= 0.6 is 0 Å². The fraction of sp³-hybridized carbons (Fsp3) is 0.308. The van der Waals surface area contributed by atoms with E-state index in [-0.39, 0.29) is 18.5 Å². The summed E-state index contributed by atoms with van der Waals surface area (Å²) in [6.07, 6.45) is 2.85. The van der Waals surface area contributed by atoms with Crippen molar-refractivity contribution >= 4 is 11.9 Å². The summed E-state index contributed by atoms with van der Waals surface area (Å²) in [6.45, 7) is 2.46. The molecule has 33 heavy (non-hydrogen) atoms. The normalized spacial score (nSPS) is 19.2. The minimum absolute atomic E-state index is 0.00348. The molecule has 4 rings (SSSR count). The van der Waals surface area contributed by atoms with Gasteiger partial charge in [0.05, 0.1) is 6.04 Å². The SMILES string of the molecule is C[C@@H](c1ccc(-c2ccc(N)nc2)cc1)N1CCC(CCCO)(c2ccc(F)cc2)OC1=O. The summed E-state index contributed by atoms with van der Waals surface area (Å²) in [4.78, 5) is 18.9. The number of hydrogen-bond donors (Lipinski definition) is 2. The zero-order valence-corrected chi connectivity index (χ0v) is 18.6. The maximum atomic E-state index is 13.5. The zero-order chi connectivity index (χ0) is 23.4. The third-order valence-corrected chi connectivity index (χ3v) is 6.36. The van der Waals surface area contributed by atoms with Crippen LogP contribution in [0.25, 0.3) is 11.1 Å². The standard InChI is InChI=1S/C26H28FN3O3/c1-18(19-3-5-20(6-4-19)21-7-12-24(28)29-17-21)30-15-14-26(13-2-16-31,33-25(30)32)22-8-10-23(27)11-9-22/h3-12,17-18,31H,2,13-16H2,1H3,(H2,28,29)/t18-,26?/m0/s1. The summed E-state index contributed by atoms with van der Waals surface area (Å²) >= 11 is 0. The Morgan fingerprint density at radius 2 is 1.82 bits per heavy atom. The number of amides is 1. The molecular weight excluding hydrogens is 421 g/mol. The quantitative estimate of drug-likeness (QED) is 0.527. The van der Waals surface area contributed by atoms with Gasteiger partial charge < -0.3 is 20.5 Å². The number of pyridine rings is 1. The summed E-state index contributed by atoms with van der Waals surface area (Å²) in [5.41, 5.74) is 8.52. The maximum absolute atomic E-state index is 13.5. The highest BCUT2D eigenvalue weighted by Crippen LogP contribution is 2.40. The first-order valence-electron chi connectivity index (χ1n) is 11.1. The van der Waals surface area contributed by atoms with Crippen molar-refractivity contribution in [2.24, 2.45) is 0 Å². The van der Waals surface area contributed by atoms with Crippen molar-refractivity contribution in [2.45, 2.75) is 37.8 Å². The lowest BCUT2D eigenvalue weighted by Gasteiger charge is -2.43. The molecule has 1 amide bonds. The van der Waals surface area contributed by atoms with Crippen molar-refractivity contribution in [1.29, 1.82) is 0 Å². The Bertz CT molecular complexity index is 1090. The molecule has 1 aromatic heterocycles. The number of nitrogens with zero attached hydrogens (tertiary/aromatic N) is 2. The van der Waals surface area contributed by atoms with Gasteiger partial charge in [0.15, 0.2) is 0 Å². The molecule has 7 heteroatoms. The van der Waals surface area contributed by atoms with Gasteiger partial charge in [0.25, 0.3) is 0 Å². The van der Waals surface area contributed by atoms with Crippen molar-refractivity contribution in [1.82, 2.24) is 9.88 Å². The van der Waals surface area contributed by atoms with Crippen molar-refractivity contribution in [3.05, 3.63) is 83.8 Å². The highest BCUT2D eigenvalue weighted by molar-refractivity contribution is 5.70. The Morgan fingerprint density at radius 3 is 2.42 bits per heavy atom. The zero-order valence-electron chi connectivity index (χ0n) is 18.6. The maximum Gasteiger partial charge on any atom is 0.411 e. The van der Waals surface area contributed by atoms with E-state index in [1.807, 2.05) is 37.3 Å². The molecular formula is C26H28FN3O3. The number of benzene rings is 2. The molecule has 2 atom stereocenters. The molecule has 1 fully saturated rings. The van der Waals surface area contributed by atoms with E-state index in [0.29, 0.717) is 31.6 Å². The number of carbonyl (C=O) groups excluding carboxylic acids is 1. The van der Waals surface area contributed by atoms with E-state index in [2.05, 4.69) is 4.98 Å². The van der Waals surface area contributed by atoms with Crippen LogP contribution in [0.15, 0.2) is 66.9 Å². The number of nitrogen functional groups attached to an aromatic ring is 1. The molecule has 6 nitrogen and oxygen atoms in total. The Kier molecular flexibility index (Phi) is 6.60. The molecule has 1 saturated heterocycles. The van der Waals surface area contributed by atoms with Gasteiger partial charge in [-0.15, -0.1) is 0 Å². The van der Waals surface area contributed by atoms with E-state index in [1.54, 1.807) is 29.3 Å². The molecule has 0 saturated carbocycles. The Labute approximate surface area is 192 Å². The van der Waals surface area contributed by atoms with Gasteiger partial charge in [-0.2, -0.15) is 0 Å². The number of aliphatic hydroxyl groups excluding tert-OH is 1. The lowest BCUT2D eigenvalue weighted by Crippen LogP contribution is -2.48. The average Bonchev–Trinajstić information content (AvgIpc) is 2.83. The van der Waals surface area contributed by atoms with Crippen LogP contribution in [0.5, 0.6) is 0 Å². The summed E-state index contributed by atoms with van der Waals surface area (Å²) in [6, 6.07) is 17.6. The molecule has 172 valence electrons. The van der Waals surface area contributed by atoms with Gasteiger partial charge in [0.1, 0.15) is 17.2 Å². The molecule has 0 radical (unpaired) electrons. The summed E-state index contributed by atoms with van der Waals surface area (Å²) in [7, 11) is 0. The molecule has 0 spiro atoms. The summed E-state index contributed by atoms with van der Waals surface area (Å²) in [5, 5.41) is 9.35. The van der Waals surface area contributed by atoms with Gasteiger partial charge in [0.2, 0.25) is 0 Å². The van der Waals surface area contributed by atoms with Gasteiger partial charge in [0, 0.05) is 31.3 Å². The number of carbonyl (C=O) groups is 1. The minimum atomic E-state index is -0.865. The predicted molar refractivity (Wildman–Crippen MR) is 125 cm³/mol. The predicted octanol–water partition coefficient (Wildman–Crippen LogP) is 5.04. The van der Waals surface area contributed by atoms with Crippen LogP contribution in [0.2, 0.25) is 0 Å². The molecule has 1 aliphatic heterocycles. The first kappa shape index (κ1) is 22.7. The van der Waals surface area contributed by atoms with Gasteiger partial charge in [-0.3, -0.25) is 0 Å². The van der Waals surface area contributed by atoms with Gasteiger partial charge >= 0.3 is 6.09 Å². The highest BCUT2D eigenvalue weighted by atomic mass is 19.1. The number of aliphatic hydroxyl groups is 1. The van der Waals surface area contributed by atoms with E-state index >= 15 is 0 Å². The number of halogens is 1. The van der Waals surface area contributed by atoms with Crippen molar-refractivity contribution in [3.63, 3.8) is 0 Å². The molecule has 0 bridgehead atoms. The molecule has 3 N–H and O–H groups in total. The number of nitrogens with two attached hydrogens (primary N) is 1. The Balaban J connectivity index is 1.50. The second-order valence-corrected chi connectivity index (χ2v) is 8.41. The van der Waals surface area contributed by atoms with Crippen molar-refractivity contribution < 1.29 is 19.0 Å². The third kappa shape index (κ3) is 4.83. The van der Waals surface area contributed by atoms with E-state index in [9.17, 15) is 14.3 Å². The van der Waals surface area contributed by atoms with Crippen LogP contribution in [-0.4, -0.2) is 34.2 Å². The smallest absolute Gasteiger partial charge is 0.411 e. The molecule has 1 unspecified atom stereocenters. The van der Waals surface area contributed by atoms with Crippen LogP contribution in [0.4, 0.5) is 15.0 Å². The molecule has 0 aliphatic carbocycles. The lowest BCUT2D eigenvalue weighted by molar-refractivity contribution is -0.0680. The van der Waals surface area contributed by atoms with Crippen LogP contribution in [-0.2, 0) is 10.3 Å². The fourth-order valence-electron chi connectivity index (χ4n) is 4.37. The van der Waals surface area contributed by atoms with E-state index in [4.69, 9.17) is 10.5 Å². The highest BCUT2D eigenvalue weighted by Gasteiger charge is 2.43. The van der Waals surface area contributed by atoms with E-state index in [1.165, 1.54) is 12.1 Å². The first-order valence-corrected chi connectivity index (χ1v) is 11.1. The van der Waals surface area contributed by atoms with Crippen molar-refractivity contribution in [2.75, 3.05) is 18.9 Å². The molecule has 3 aromatic rings. The molecule has 2 aromatic carbocycles.